The fourth-order valence-electron chi connectivity index (χ4n) is 12.5. The van der Waals surface area contributed by atoms with Crippen LogP contribution in [0.25, 0.3) is 144 Å². The maximum Gasteiger partial charge on any atom is 0.164 e. The Kier molecular flexibility index (Phi) is 10.9. The molecule has 15 aromatic rings. The summed E-state index contributed by atoms with van der Waals surface area (Å²) in [5, 5.41) is 6.58. The summed E-state index contributed by atoms with van der Waals surface area (Å²) < 4.78 is 12.3. The van der Waals surface area contributed by atoms with Crippen molar-refractivity contribution in [3.63, 3.8) is 0 Å². The SMILES string of the molecule is C1=CCC(c2ccc(-c3cc(-c4nc(-c5ccccc5)nc(-c5ccccc5)n4)cc(-c4ccc(-c5ccccc5)cc4)c3-n3c4ccccc4c4c5oc6c(ccc7c6c6ccccc6n7-c6ccccc6)c5ccc43)cc2)C=C1. The number of furan rings is 1. The number of nitrogens with zero attached hydrogens (tertiary/aromatic N) is 5. The second-order valence-corrected chi connectivity index (χ2v) is 21.0. The number of para-hydroxylation sites is 3. The van der Waals surface area contributed by atoms with Crippen molar-refractivity contribution in [2.45, 2.75) is 12.3 Å². The number of allylic oxidation sites excluding steroid dienone is 4. The van der Waals surface area contributed by atoms with Gasteiger partial charge in [0.1, 0.15) is 11.2 Å². The van der Waals surface area contributed by atoms with Crippen LogP contribution in [0.1, 0.15) is 17.9 Å². The van der Waals surface area contributed by atoms with E-state index in [0.717, 1.165) is 133 Å². The maximum absolute atomic E-state index is 7.46. The van der Waals surface area contributed by atoms with Crippen molar-refractivity contribution < 1.29 is 4.42 Å². The molecule has 0 radical (unpaired) electrons. The van der Waals surface area contributed by atoms with Gasteiger partial charge in [0, 0.05) is 61.0 Å². The molecule has 6 heteroatoms. The van der Waals surface area contributed by atoms with Crippen LogP contribution in [0.3, 0.4) is 0 Å². The highest BCUT2D eigenvalue weighted by Crippen LogP contribution is 2.48. The predicted octanol–water partition coefficient (Wildman–Crippen LogP) is 19.6. The standard InChI is InChI=1S/C75H49N5O/c1-6-20-48(21-7-1)50-34-38-52(39-35-50)62-46-56(75-77-73(54-24-10-3-11-25-54)76-74(78-75)55-26-12-4-13-27-55)47-63(53-40-36-51(37-41-53)49-22-8-2-9-23-49)70(62)80-65-33-19-17-31-61(65)69-67(80)45-43-59-58-42-44-66-68(71(58)81-72(59)69)60-30-16-18-32-64(60)79(66)57-28-14-5-15-29-57/h1-22,24-47,49H,23H2. The molecule has 0 fully saturated rings. The van der Waals surface area contributed by atoms with E-state index in [1.165, 1.54) is 5.56 Å². The fourth-order valence-corrected chi connectivity index (χ4v) is 12.5. The largest absolute Gasteiger partial charge is 0.455 e. The third kappa shape index (κ3) is 7.75. The van der Waals surface area contributed by atoms with Gasteiger partial charge >= 0.3 is 0 Å². The molecule has 11 aromatic carbocycles. The van der Waals surface area contributed by atoms with Crippen LogP contribution in [0.15, 0.2) is 284 Å². The second kappa shape index (κ2) is 19.0. The highest BCUT2D eigenvalue weighted by atomic mass is 16.3. The molecule has 4 heterocycles. The molecule has 81 heavy (non-hydrogen) atoms. The molecule has 4 aromatic heterocycles. The van der Waals surface area contributed by atoms with Gasteiger partial charge in [-0.3, -0.25) is 0 Å². The minimum Gasteiger partial charge on any atom is -0.455 e. The highest BCUT2D eigenvalue weighted by Gasteiger charge is 2.27. The minimum atomic E-state index is 0.297. The van der Waals surface area contributed by atoms with Gasteiger partial charge in [0.2, 0.25) is 0 Å². The molecule has 0 amide bonds. The van der Waals surface area contributed by atoms with Crippen molar-refractivity contribution >= 4 is 65.6 Å². The number of rotatable bonds is 9. The molecular formula is C75H49N5O. The molecule has 1 aliphatic rings. The number of fused-ring (bicyclic) bond motifs is 11. The Morgan fingerprint density at radius 2 is 0.790 bits per heavy atom. The number of benzene rings is 11. The van der Waals surface area contributed by atoms with Crippen LogP contribution in [0.2, 0.25) is 0 Å². The summed E-state index contributed by atoms with van der Waals surface area (Å²) in [5.41, 5.74) is 18.7. The molecule has 0 saturated heterocycles. The Morgan fingerprint density at radius 3 is 1.33 bits per heavy atom. The van der Waals surface area contributed by atoms with E-state index in [2.05, 4.69) is 252 Å². The van der Waals surface area contributed by atoms with Crippen LogP contribution in [0.4, 0.5) is 0 Å². The molecule has 6 nitrogen and oxygen atoms in total. The molecule has 0 saturated carbocycles. The Hall–Kier alpha value is -10.7. The summed E-state index contributed by atoms with van der Waals surface area (Å²) in [6, 6.07) is 91.0. The van der Waals surface area contributed by atoms with Crippen molar-refractivity contribution in [2.24, 2.45) is 0 Å². The van der Waals surface area contributed by atoms with Crippen LogP contribution in [0, 0.1) is 0 Å². The van der Waals surface area contributed by atoms with E-state index < -0.39 is 0 Å². The highest BCUT2D eigenvalue weighted by molar-refractivity contribution is 6.29. The van der Waals surface area contributed by atoms with Gasteiger partial charge in [-0.05, 0) is 94.9 Å². The van der Waals surface area contributed by atoms with Crippen LogP contribution in [-0.4, -0.2) is 24.1 Å². The summed E-state index contributed by atoms with van der Waals surface area (Å²) >= 11 is 0. The first-order valence-electron chi connectivity index (χ1n) is 27.7. The zero-order valence-electron chi connectivity index (χ0n) is 44.0. The molecule has 1 unspecified atom stereocenters. The van der Waals surface area contributed by atoms with E-state index in [4.69, 9.17) is 19.4 Å². The van der Waals surface area contributed by atoms with Crippen molar-refractivity contribution in [3.8, 4) is 78.9 Å². The zero-order chi connectivity index (χ0) is 53.4. The summed E-state index contributed by atoms with van der Waals surface area (Å²) in [4.78, 5) is 15.8. The fraction of sp³-hybridized carbons (Fsp3) is 0.0267. The smallest absolute Gasteiger partial charge is 0.164 e. The quantitative estimate of drug-likeness (QED) is 0.145. The summed E-state index contributed by atoms with van der Waals surface area (Å²) in [7, 11) is 0. The van der Waals surface area contributed by atoms with Crippen molar-refractivity contribution in [2.75, 3.05) is 0 Å². The topological polar surface area (TPSA) is 61.7 Å². The summed E-state index contributed by atoms with van der Waals surface area (Å²) in [6.45, 7) is 0. The van der Waals surface area contributed by atoms with E-state index in [0.29, 0.717) is 23.4 Å². The van der Waals surface area contributed by atoms with Crippen molar-refractivity contribution in [1.82, 2.24) is 24.1 Å². The van der Waals surface area contributed by atoms with Crippen molar-refractivity contribution in [1.29, 1.82) is 0 Å². The average Bonchev–Trinajstić information content (AvgIpc) is 3.78. The lowest BCUT2D eigenvalue weighted by Gasteiger charge is -2.22. The lowest BCUT2D eigenvalue weighted by atomic mass is 9.89. The molecule has 0 aliphatic heterocycles. The third-order valence-corrected chi connectivity index (χ3v) is 16.3. The van der Waals surface area contributed by atoms with Gasteiger partial charge in [-0.15, -0.1) is 0 Å². The first kappa shape index (κ1) is 46.4. The van der Waals surface area contributed by atoms with Gasteiger partial charge in [0.25, 0.3) is 0 Å². The van der Waals surface area contributed by atoms with Crippen LogP contribution < -0.4 is 0 Å². The molecule has 0 N–H and O–H groups in total. The van der Waals surface area contributed by atoms with E-state index in [1.54, 1.807) is 0 Å². The van der Waals surface area contributed by atoms with E-state index in [1.807, 2.05) is 36.4 Å². The molecular weight excluding hydrogens is 987 g/mol. The number of hydrogen-bond acceptors (Lipinski definition) is 4. The van der Waals surface area contributed by atoms with Gasteiger partial charge in [0.05, 0.1) is 38.5 Å². The van der Waals surface area contributed by atoms with Gasteiger partial charge in [0.15, 0.2) is 17.5 Å². The van der Waals surface area contributed by atoms with Crippen LogP contribution >= 0.6 is 0 Å². The Balaban J connectivity index is 1.00. The maximum atomic E-state index is 7.46. The van der Waals surface area contributed by atoms with Crippen molar-refractivity contribution in [3.05, 3.63) is 285 Å². The second-order valence-electron chi connectivity index (χ2n) is 21.0. The lowest BCUT2D eigenvalue weighted by molar-refractivity contribution is 0.677. The first-order valence-corrected chi connectivity index (χ1v) is 27.7. The van der Waals surface area contributed by atoms with E-state index in [9.17, 15) is 0 Å². The Bertz CT molecular complexity index is 4920. The van der Waals surface area contributed by atoms with Gasteiger partial charge in [-0.25, -0.2) is 15.0 Å². The molecule has 0 spiro atoms. The third-order valence-electron chi connectivity index (χ3n) is 16.3. The van der Waals surface area contributed by atoms with Gasteiger partial charge < -0.3 is 13.6 Å². The van der Waals surface area contributed by atoms with E-state index >= 15 is 0 Å². The Morgan fingerprint density at radius 1 is 0.346 bits per heavy atom. The monoisotopic (exact) mass is 1040 g/mol. The predicted molar refractivity (Wildman–Crippen MR) is 334 cm³/mol. The minimum absolute atomic E-state index is 0.297. The molecule has 0 bridgehead atoms. The normalized spacial score (nSPS) is 13.4. The first-order chi connectivity index (χ1) is 40.2. The summed E-state index contributed by atoms with van der Waals surface area (Å²) in [6.07, 6.45) is 9.82. The molecule has 1 atom stereocenters. The van der Waals surface area contributed by atoms with E-state index in [-0.39, 0.29) is 0 Å². The molecule has 16 rings (SSSR count). The lowest BCUT2D eigenvalue weighted by Crippen LogP contribution is -2.04. The summed E-state index contributed by atoms with van der Waals surface area (Å²) in [5.74, 6) is 2.10. The molecule has 380 valence electrons. The zero-order valence-corrected chi connectivity index (χ0v) is 44.0. The molecule has 1 aliphatic carbocycles. The van der Waals surface area contributed by atoms with Crippen LogP contribution in [-0.2, 0) is 0 Å². The van der Waals surface area contributed by atoms with Gasteiger partial charge in [-0.2, -0.15) is 0 Å². The van der Waals surface area contributed by atoms with Gasteiger partial charge in [-0.1, -0.05) is 218 Å². The number of hydrogen-bond donors (Lipinski definition) is 0. The Labute approximate surface area is 467 Å². The average molecular weight is 1040 g/mol. The number of aromatic nitrogens is 5. The van der Waals surface area contributed by atoms with Crippen LogP contribution in [0.5, 0.6) is 0 Å².